The number of hydrogen-bond donors (Lipinski definition) is 1. The molecular formula is C20H24O3. The molecule has 0 radical (unpaired) electrons. The highest BCUT2D eigenvalue weighted by Crippen LogP contribution is 2.16. The van der Waals surface area contributed by atoms with Gasteiger partial charge in [-0.1, -0.05) is 56.2 Å². The zero-order chi connectivity index (χ0) is 16.5. The summed E-state index contributed by atoms with van der Waals surface area (Å²) in [6.45, 7) is 2.71. The lowest BCUT2D eigenvalue weighted by Gasteiger charge is -2.08. The van der Waals surface area contributed by atoms with E-state index in [1.807, 2.05) is 12.1 Å². The van der Waals surface area contributed by atoms with Crippen molar-refractivity contribution in [2.45, 2.75) is 45.6 Å². The molecule has 0 spiro atoms. The predicted molar refractivity (Wildman–Crippen MR) is 91.8 cm³/mol. The molecule has 0 saturated carbocycles. The molecule has 23 heavy (non-hydrogen) atoms. The quantitative estimate of drug-likeness (QED) is 0.687. The summed E-state index contributed by atoms with van der Waals surface area (Å²) >= 11 is 0. The lowest BCUT2D eigenvalue weighted by atomic mass is 10.1. The molecule has 0 aliphatic heterocycles. The topological polar surface area (TPSA) is 46.5 Å². The molecule has 3 nitrogen and oxygen atoms in total. The Morgan fingerprint density at radius 3 is 2.43 bits per heavy atom. The van der Waals surface area contributed by atoms with E-state index in [-0.39, 0.29) is 6.42 Å². The second-order valence-corrected chi connectivity index (χ2v) is 5.78. The van der Waals surface area contributed by atoms with Crippen LogP contribution in [-0.2, 0) is 24.2 Å². The van der Waals surface area contributed by atoms with Crippen LogP contribution in [0.1, 0.15) is 42.9 Å². The number of carboxylic acids is 1. The molecule has 0 aromatic heterocycles. The van der Waals surface area contributed by atoms with E-state index in [1.54, 1.807) is 12.1 Å². The van der Waals surface area contributed by atoms with Crippen molar-refractivity contribution in [2.24, 2.45) is 0 Å². The zero-order valence-corrected chi connectivity index (χ0v) is 13.6. The Morgan fingerprint density at radius 1 is 1.00 bits per heavy atom. The van der Waals surface area contributed by atoms with Crippen molar-refractivity contribution >= 4 is 5.97 Å². The van der Waals surface area contributed by atoms with E-state index in [4.69, 9.17) is 9.84 Å². The second-order valence-electron chi connectivity index (χ2n) is 5.78. The van der Waals surface area contributed by atoms with Gasteiger partial charge in [-0.3, -0.25) is 4.79 Å². The molecule has 0 saturated heterocycles. The van der Waals surface area contributed by atoms with Crippen LogP contribution < -0.4 is 4.74 Å². The summed E-state index contributed by atoms with van der Waals surface area (Å²) in [5.74, 6) is -0.128. The summed E-state index contributed by atoms with van der Waals surface area (Å²) in [6, 6.07) is 15.8. The van der Waals surface area contributed by atoms with Gasteiger partial charge in [0, 0.05) is 0 Å². The normalized spacial score (nSPS) is 10.5. The lowest BCUT2D eigenvalue weighted by Crippen LogP contribution is -2.01. The van der Waals surface area contributed by atoms with Crippen molar-refractivity contribution in [1.29, 1.82) is 0 Å². The summed E-state index contributed by atoms with van der Waals surface area (Å²) in [6.07, 6.45) is 4.91. The van der Waals surface area contributed by atoms with E-state index < -0.39 is 5.97 Å². The number of aliphatic carboxylic acids is 1. The van der Waals surface area contributed by atoms with Crippen LogP contribution in [0.4, 0.5) is 0 Å². The molecule has 0 aliphatic carbocycles. The Bertz CT molecular complexity index is 617. The molecule has 0 unspecified atom stereocenters. The molecular weight excluding hydrogens is 288 g/mol. The molecule has 0 aliphatic rings. The van der Waals surface area contributed by atoms with Crippen molar-refractivity contribution in [3.05, 3.63) is 65.2 Å². The average molecular weight is 312 g/mol. The van der Waals surface area contributed by atoms with E-state index in [0.29, 0.717) is 12.4 Å². The van der Waals surface area contributed by atoms with Crippen molar-refractivity contribution in [3.63, 3.8) is 0 Å². The van der Waals surface area contributed by atoms with E-state index in [2.05, 4.69) is 31.2 Å². The minimum absolute atomic E-state index is 0.0175. The van der Waals surface area contributed by atoms with Gasteiger partial charge in [-0.2, -0.15) is 0 Å². The van der Waals surface area contributed by atoms with Crippen molar-refractivity contribution in [1.82, 2.24) is 0 Å². The molecule has 2 rings (SSSR count). The largest absolute Gasteiger partial charge is 0.489 e. The average Bonchev–Trinajstić information content (AvgIpc) is 2.54. The number of ether oxygens (including phenoxy) is 1. The second kappa shape index (κ2) is 8.99. The van der Waals surface area contributed by atoms with Gasteiger partial charge in [0.05, 0.1) is 6.42 Å². The molecule has 2 aromatic rings. The highest BCUT2D eigenvalue weighted by Gasteiger charge is 2.03. The standard InChI is InChI=1S/C20H24O3/c1-2-3-4-6-16-9-11-17(12-10-16)15-23-19-8-5-7-18(13-19)14-20(21)22/h5,7-13H,2-4,6,14-15H2,1H3,(H,21,22). The van der Waals surface area contributed by atoms with Crippen LogP contribution in [0.3, 0.4) is 0 Å². The SMILES string of the molecule is CCCCCc1ccc(COc2cccc(CC(=O)O)c2)cc1. The van der Waals surface area contributed by atoms with Crippen molar-refractivity contribution in [2.75, 3.05) is 0 Å². The maximum atomic E-state index is 10.7. The first-order valence-corrected chi connectivity index (χ1v) is 8.18. The summed E-state index contributed by atoms with van der Waals surface area (Å²) < 4.78 is 5.76. The fraction of sp³-hybridized carbons (Fsp3) is 0.350. The number of benzene rings is 2. The maximum Gasteiger partial charge on any atom is 0.307 e. The summed E-state index contributed by atoms with van der Waals surface area (Å²) in [4.78, 5) is 10.7. The van der Waals surface area contributed by atoms with Crippen LogP contribution in [0.15, 0.2) is 48.5 Å². The van der Waals surface area contributed by atoms with Gasteiger partial charge in [0.25, 0.3) is 0 Å². The minimum Gasteiger partial charge on any atom is -0.489 e. The molecule has 0 bridgehead atoms. The summed E-state index contributed by atoms with van der Waals surface area (Å²) in [5.41, 5.74) is 3.24. The summed E-state index contributed by atoms with van der Waals surface area (Å²) in [7, 11) is 0. The van der Waals surface area contributed by atoms with Gasteiger partial charge in [0.15, 0.2) is 0 Å². The van der Waals surface area contributed by atoms with E-state index in [0.717, 1.165) is 17.5 Å². The Balaban J connectivity index is 1.86. The van der Waals surface area contributed by atoms with Gasteiger partial charge in [0.1, 0.15) is 12.4 Å². The maximum absolute atomic E-state index is 10.7. The Labute approximate surface area is 137 Å². The van der Waals surface area contributed by atoms with Crippen molar-refractivity contribution in [3.8, 4) is 5.75 Å². The van der Waals surface area contributed by atoms with Crippen molar-refractivity contribution < 1.29 is 14.6 Å². The molecule has 2 aromatic carbocycles. The highest BCUT2D eigenvalue weighted by molar-refractivity contribution is 5.70. The van der Waals surface area contributed by atoms with E-state index >= 15 is 0 Å². The number of hydrogen-bond acceptors (Lipinski definition) is 2. The smallest absolute Gasteiger partial charge is 0.307 e. The third-order valence-corrected chi connectivity index (χ3v) is 3.75. The molecule has 0 heterocycles. The lowest BCUT2D eigenvalue weighted by molar-refractivity contribution is -0.136. The van der Waals surface area contributed by atoms with Crippen LogP contribution in [0, 0.1) is 0 Å². The number of carbonyl (C=O) groups is 1. The van der Waals surface area contributed by atoms with Gasteiger partial charge >= 0.3 is 5.97 Å². The van der Waals surface area contributed by atoms with Crippen LogP contribution in [0.25, 0.3) is 0 Å². The van der Waals surface area contributed by atoms with E-state index in [1.165, 1.54) is 24.8 Å². The van der Waals surface area contributed by atoms with Gasteiger partial charge in [-0.25, -0.2) is 0 Å². The van der Waals surface area contributed by atoms with Crippen LogP contribution in [-0.4, -0.2) is 11.1 Å². The van der Waals surface area contributed by atoms with E-state index in [9.17, 15) is 4.79 Å². The van der Waals surface area contributed by atoms with Crippen LogP contribution >= 0.6 is 0 Å². The molecule has 122 valence electrons. The molecule has 0 amide bonds. The Morgan fingerprint density at radius 2 is 1.74 bits per heavy atom. The first kappa shape index (κ1) is 17.1. The molecule has 3 heteroatoms. The van der Waals surface area contributed by atoms with Gasteiger partial charge in [-0.05, 0) is 41.7 Å². The fourth-order valence-electron chi connectivity index (χ4n) is 2.47. The Kier molecular flexibility index (Phi) is 6.67. The minimum atomic E-state index is -0.833. The Hall–Kier alpha value is -2.29. The third kappa shape index (κ3) is 6.15. The number of unbranched alkanes of at least 4 members (excludes halogenated alkanes) is 2. The van der Waals surface area contributed by atoms with Gasteiger partial charge in [0.2, 0.25) is 0 Å². The number of aryl methyl sites for hydroxylation is 1. The fourth-order valence-corrected chi connectivity index (χ4v) is 2.47. The summed E-state index contributed by atoms with van der Waals surface area (Å²) in [5, 5.41) is 8.83. The molecule has 1 N–H and O–H groups in total. The monoisotopic (exact) mass is 312 g/mol. The van der Waals surface area contributed by atoms with Crippen LogP contribution in [0.2, 0.25) is 0 Å². The third-order valence-electron chi connectivity index (χ3n) is 3.75. The van der Waals surface area contributed by atoms with Crippen LogP contribution in [0.5, 0.6) is 5.75 Å². The highest BCUT2D eigenvalue weighted by atomic mass is 16.5. The first-order valence-electron chi connectivity index (χ1n) is 8.18. The van der Waals surface area contributed by atoms with Gasteiger partial charge in [-0.15, -0.1) is 0 Å². The molecule has 0 fully saturated rings. The number of carboxylic acid groups (broad SMARTS) is 1. The van der Waals surface area contributed by atoms with Gasteiger partial charge < -0.3 is 9.84 Å². The molecule has 0 atom stereocenters. The first-order chi connectivity index (χ1) is 11.2. The zero-order valence-electron chi connectivity index (χ0n) is 13.6. The predicted octanol–water partition coefficient (Wildman–Crippen LogP) is 4.63. The number of rotatable bonds is 9.